The Kier molecular flexibility index (Phi) is 5.10. The number of benzene rings is 1. The van der Waals surface area contributed by atoms with E-state index in [1.165, 1.54) is 0 Å². The minimum atomic E-state index is -0.718. The van der Waals surface area contributed by atoms with Crippen LogP contribution in [-0.4, -0.2) is 57.3 Å². The molecule has 0 saturated carbocycles. The molecule has 4 rings (SSSR count). The van der Waals surface area contributed by atoms with Gasteiger partial charge in [-0.15, -0.1) is 11.3 Å². The van der Waals surface area contributed by atoms with Gasteiger partial charge < -0.3 is 15.0 Å². The van der Waals surface area contributed by atoms with Gasteiger partial charge in [-0.2, -0.15) is 5.10 Å². The lowest BCUT2D eigenvalue weighted by Gasteiger charge is -2.31. The molecule has 1 aliphatic heterocycles. The van der Waals surface area contributed by atoms with Crippen LogP contribution in [0.4, 0.5) is 5.69 Å². The number of aromatic nitrogens is 3. The fourth-order valence-electron chi connectivity index (χ4n) is 3.15. The minimum Gasteiger partial charge on any atom is -0.365 e. The first-order valence-corrected chi connectivity index (χ1v) is 9.97. The highest BCUT2D eigenvalue weighted by molar-refractivity contribution is 7.18. The highest BCUT2D eigenvalue weighted by atomic mass is 32.1. The highest BCUT2D eigenvalue weighted by Crippen LogP contribution is 2.25. The Morgan fingerprint density at radius 2 is 2.21 bits per heavy atom. The van der Waals surface area contributed by atoms with Gasteiger partial charge in [0.25, 0.3) is 11.8 Å². The average Bonchev–Trinajstić information content (AvgIpc) is 3.32. The number of carbonyl (C=O) groups is 2. The van der Waals surface area contributed by atoms with Gasteiger partial charge in [-0.05, 0) is 38.1 Å². The SMILES string of the molecule is CCn1ccc(C(=O)N2CCOC(C(=O)Nc3ccc4nc(C)sc4c3)C2)n1. The van der Waals surface area contributed by atoms with E-state index in [0.29, 0.717) is 31.1 Å². The predicted molar refractivity (Wildman–Crippen MR) is 107 cm³/mol. The topological polar surface area (TPSA) is 89.4 Å². The molecule has 8 nitrogen and oxygen atoms in total. The van der Waals surface area contributed by atoms with Crippen molar-refractivity contribution < 1.29 is 14.3 Å². The lowest BCUT2D eigenvalue weighted by molar-refractivity contribution is -0.131. The number of rotatable bonds is 4. The molecule has 3 heterocycles. The van der Waals surface area contributed by atoms with E-state index in [2.05, 4.69) is 15.4 Å². The molecule has 3 aromatic rings. The molecule has 0 aliphatic carbocycles. The molecule has 1 aliphatic rings. The fourth-order valence-corrected chi connectivity index (χ4v) is 4.01. The zero-order chi connectivity index (χ0) is 19.7. The maximum atomic E-state index is 12.7. The van der Waals surface area contributed by atoms with E-state index in [0.717, 1.165) is 15.2 Å². The van der Waals surface area contributed by atoms with E-state index in [1.807, 2.05) is 32.0 Å². The third-order valence-corrected chi connectivity index (χ3v) is 5.53. The highest BCUT2D eigenvalue weighted by Gasteiger charge is 2.30. The first kappa shape index (κ1) is 18.6. The summed E-state index contributed by atoms with van der Waals surface area (Å²) in [6.45, 7) is 5.56. The number of thiazole rings is 1. The smallest absolute Gasteiger partial charge is 0.274 e. The zero-order valence-electron chi connectivity index (χ0n) is 15.7. The van der Waals surface area contributed by atoms with Gasteiger partial charge in [0, 0.05) is 25.0 Å². The number of nitrogens with one attached hydrogen (secondary N) is 1. The van der Waals surface area contributed by atoms with Gasteiger partial charge in [-0.25, -0.2) is 4.98 Å². The number of anilines is 1. The summed E-state index contributed by atoms with van der Waals surface area (Å²) in [6, 6.07) is 7.31. The first-order valence-electron chi connectivity index (χ1n) is 9.16. The van der Waals surface area contributed by atoms with Gasteiger partial charge in [0.2, 0.25) is 0 Å². The van der Waals surface area contributed by atoms with Gasteiger partial charge in [-0.3, -0.25) is 14.3 Å². The molecule has 2 amide bonds. The maximum Gasteiger partial charge on any atom is 0.274 e. The Morgan fingerprint density at radius 1 is 1.36 bits per heavy atom. The van der Waals surface area contributed by atoms with Gasteiger partial charge in [0.05, 0.1) is 28.4 Å². The number of aryl methyl sites for hydroxylation is 2. The van der Waals surface area contributed by atoms with E-state index >= 15 is 0 Å². The molecule has 1 aromatic carbocycles. The summed E-state index contributed by atoms with van der Waals surface area (Å²) < 4.78 is 8.33. The minimum absolute atomic E-state index is 0.185. The number of carbonyl (C=O) groups excluding carboxylic acids is 2. The van der Waals surface area contributed by atoms with Gasteiger partial charge in [0.15, 0.2) is 6.10 Å². The lowest BCUT2D eigenvalue weighted by atomic mass is 10.2. The third-order valence-electron chi connectivity index (χ3n) is 4.59. The summed E-state index contributed by atoms with van der Waals surface area (Å²) in [6.07, 6.45) is 1.06. The second-order valence-electron chi connectivity index (χ2n) is 6.57. The molecule has 1 atom stereocenters. The summed E-state index contributed by atoms with van der Waals surface area (Å²) in [7, 11) is 0. The van der Waals surface area contributed by atoms with Gasteiger partial charge in [-0.1, -0.05) is 0 Å². The molecule has 28 heavy (non-hydrogen) atoms. The summed E-state index contributed by atoms with van der Waals surface area (Å²) in [5, 5.41) is 8.11. The number of hydrogen-bond donors (Lipinski definition) is 1. The molecule has 1 N–H and O–H groups in total. The monoisotopic (exact) mass is 399 g/mol. The molecular weight excluding hydrogens is 378 g/mol. The summed E-state index contributed by atoms with van der Waals surface area (Å²) in [4.78, 5) is 31.4. The quantitative estimate of drug-likeness (QED) is 0.727. The van der Waals surface area contributed by atoms with E-state index in [9.17, 15) is 9.59 Å². The van der Waals surface area contributed by atoms with Crippen LogP contribution < -0.4 is 5.32 Å². The normalized spacial score (nSPS) is 17.1. The molecule has 1 unspecified atom stereocenters. The van der Waals surface area contributed by atoms with Crippen molar-refractivity contribution in [3.63, 3.8) is 0 Å². The van der Waals surface area contributed by atoms with Gasteiger partial charge >= 0.3 is 0 Å². The van der Waals surface area contributed by atoms with E-state index < -0.39 is 6.10 Å². The molecule has 0 bridgehead atoms. The molecule has 0 radical (unpaired) electrons. The number of hydrogen-bond acceptors (Lipinski definition) is 6. The van der Waals surface area contributed by atoms with Crippen molar-refractivity contribution in [2.75, 3.05) is 25.0 Å². The third kappa shape index (κ3) is 3.76. The van der Waals surface area contributed by atoms with Crippen LogP contribution in [0, 0.1) is 6.92 Å². The fraction of sp³-hybridized carbons (Fsp3) is 0.368. The largest absolute Gasteiger partial charge is 0.365 e. The molecular formula is C19H21N5O3S. The van der Waals surface area contributed by atoms with Crippen molar-refractivity contribution >= 4 is 39.1 Å². The van der Waals surface area contributed by atoms with Crippen molar-refractivity contribution in [1.82, 2.24) is 19.7 Å². The number of nitrogens with zero attached hydrogens (tertiary/aromatic N) is 4. The molecule has 9 heteroatoms. The lowest BCUT2D eigenvalue weighted by Crippen LogP contribution is -2.50. The van der Waals surface area contributed by atoms with Crippen LogP contribution in [0.3, 0.4) is 0 Å². The molecule has 1 fully saturated rings. The standard InChI is InChI=1S/C19H21N5O3S/c1-3-24-7-6-15(22-24)19(26)23-8-9-27-16(11-23)18(25)21-13-4-5-14-17(10-13)28-12(2)20-14/h4-7,10,16H,3,8-9,11H2,1-2H3,(H,21,25). The van der Waals surface area contributed by atoms with E-state index in [1.54, 1.807) is 33.2 Å². The second-order valence-corrected chi connectivity index (χ2v) is 7.81. The van der Waals surface area contributed by atoms with Crippen LogP contribution in [0.1, 0.15) is 22.4 Å². The second kappa shape index (κ2) is 7.69. The van der Waals surface area contributed by atoms with Crippen molar-refractivity contribution in [2.45, 2.75) is 26.5 Å². The Balaban J connectivity index is 1.42. The molecule has 2 aromatic heterocycles. The van der Waals surface area contributed by atoms with Crippen molar-refractivity contribution in [3.05, 3.63) is 41.2 Å². The predicted octanol–water partition coefficient (Wildman–Crippen LogP) is 2.30. The van der Waals surface area contributed by atoms with Crippen molar-refractivity contribution in [1.29, 1.82) is 0 Å². The number of ether oxygens (including phenoxy) is 1. The summed E-state index contributed by atoms with van der Waals surface area (Å²) in [5.41, 5.74) is 1.99. The number of fused-ring (bicyclic) bond motifs is 1. The molecule has 0 spiro atoms. The Hall–Kier alpha value is -2.78. The van der Waals surface area contributed by atoms with E-state index in [4.69, 9.17) is 4.74 Å². The number of amides is 2. The van der Waals surface area contributed by atoms with Crippen LogP contribution in [0.5, 0.6) is 0 Å². The molecule has 1 saturated heterocycles. The van der Waals surface area contributed by atoms with Gasteiger partial charge in [0.1, 0.15) is 5.69 Å². The summed E-state index contributed by atoms with van der Waals surface area (Å²) >= 11 is 1.58. The van der Waals surface area contributed by atoms with Crippen LogP contribution in [-0.2, 0) is 16.1 Å². The van der Waals surface area contributed by atoms with Crippen molar-refractivity contribution in [2.24, 2.45) is 0 Å². The van der Waals surface area contributed by atoms with Crippen LogP contribution >= 0.6 is 11.3 Å². The zero-order valence-corrected chi connectivity index (χ0v) is 16.5. The maximum absolute atomic E-state index is 12.7. The Bertz CT molecular complexity index is 1030. The van der Waals surface area contributed by atoms with Crippen LogP contribution in [0.2, 0.25) is 0 Å². The Labute approximate surface area is 166 Å². The summed E-state index contributed by atoms with van der Waals surface area (Å²) in [5.74, 6) is -0.452. The van der Waals surface area contributed by atoms with Crippen LogP contribution in [0.25, 0.3) is 10.2 Å². The number of morpholine rings is 1. The first-order chi connectivity index (χ1) is 13.5. The van der Waals surface area contributed by atoms with Crippen molar-refractivity contribution in [3.8, 4) is 0 Å². The average molecular weight is 399 g/mol. The Morgan fingerprint density at radius 3 is 3.00 bits per heavy atom. The van der Waals surface area contributed by atoms with Crippen LogP contribution in [0.15, 0.2) is 30.5 Å². The van der Waals surface area contributed by atoms with E-state index in [-0.39, 0.29) is 18.4 Å². The molecule has 146 valence electrons.